The fraction of sp³-hybridized carbons (Fsp3) is 0.211. The number of benzene rings is 2. The number of carbonyl (C=O) groups is 3. The van der Waals surface area contributed by atoms with Crippen molar-refractivity contribution in [2.75, 3.05) is 29.2 Å². The van der Waals surface area contributed by atoms with Gasteiger partial charge in [0, 0.05) is 17.9 Å². The van der Waals surface area contributed by atoms with Crippen molar-refractivity contribution < 1.29 is 23.5 Å². The molecule has 3 N–H and O–H groups in total. The second kappa shape index (κ2) is 10.9. The van der Waals surface area contributed by atoms with Gasteiger partial charge in [-0.25, -0.2) is 9.18 Å². The Morgan fingerprint density at radius 2 is 1.46 bits per heavy atom. The summed E-state index contributed by atoms with van der Waals surface area (Å²) in [5.41, 5.74) is 1.95. The Bertz CT molecular complexity index is 813. The third-order valence-corrected chi connectivity index (χ3v) is 4.40. The zero-order valence-electron chi connectivity index (χ0n) is 15.2. The monoisotopic (exact) mass is 405 g/mol. The van der Waals surface area contributed by atoms with E-state index < -0.39 is 6.09 Å². The van der Waals surface area contributed by atoms with E-state index in [4.69, 9.17) is 0 Å². The molecule has 2 rings (SSSR count). The highest BCUT2D eigenvalue weighted by Gasteiger charge is 2.07. The topological polar surface area (TPSA) is 96.5 Å². The molecule has 9 heteroatoms. The Morgan fingerprint density at radius 1 is 0.893 bits per heavy atom. The van der Waals surface area contributed by atoms with Crippen LogP contribution in [0.4, 0.5) is 20.6 Å². The van der Waals surface area contributed by atoms with Crippen LogP contribution in [0.2, 0.25) is 0 Å². The van der Waals surface area contributed by atoms with Gasteiger partial charge in [0.1, 0.15) is 5.82 Å². The highest BCUT2D eigenvalue weighted by atomic mass is 32.2. The number of anilines is 2. The highest BCUT2D eigenvalue weighted by molar-refractivity contribution is 8.00. The Labute approximate surface area is 166 Å². The third-order valence-electron chi connectivity index (χ3n) is 3.47. The first-order valence-corrected chi connectivity index (χ1v) is 9.45. The number of hydrogen-bond donors (Lipinski definition) is 3. The number of halogens is 1. The molecule has 0 fully saturated rings. The first-order valence-electron chi connectivity index (χ1n) is 8.30. The molecule has 0 aliphatic rings. The fourth-order valence-corrected chi connectivity index (χ4v) is 2.74. The molecule has 0 radical (unpaired) electrons. The summed E-state index contributed by atoms with van der Waals surface area (Å²) in [5.74, 6) is -0.592. The van der Waals surface area contributed by atoms with Crippen LogP contribution in [-0.4, -0.2) is 36.5 Å². The lowest BCUT2D eigenvalue weighted by molar-refractivity contribution is -0.118. The number of nitrogens with one attached hydrogen (secondary N) is 3. The molecule has 148 valence electrons. The van der Waals surface area contributed by atoms with Crippen molar-refractivity contribution in [1.82, 2.24) is 5.32 Å². The van der Waals surface area contributed by atoms with E-state index in [1.807, 2.05) is 0 Å². The van der Waals surface area contributed by atoms with Crippen LogP contribution in [0.1, 0.15) is 5.56 Å². The summed E-state index contributed by atoms with van der Waals surface area (Å²) in [7, 11) is 1.28. The molecule has 0 aliphatic carbocycles. The van der Waals surface area contributed by atoms with Crippen molar-refractivity contribution in [3.05, 3.63) is 59.9 Å². The van der Waals surface area contributed by atoms with Gasteiger partial charge in [-0.2, -0.15) is 0 Å². The lowest BCUT2D eigenvalue weighted by atomic mass is 10.2. The summed E-state index contributed by atoms with van der Waals surface area (Å²) in [6.07, 6.45) is -0.554. The summed E-state index contributed by atoms with van der Waals surface area (Å²) >= 11 is 1.18. The minimum absolute atomic E-state index is 0.110. The molecule has 0 unspecified atom stereocenters. The van der Waals surface area contributed by atoms with Gasteiger partial charge in [-0.15, -0.1) is 11.8 Å². The van der Waals surface area contributed by atoms with Crippen LogP contribution in [-0.2, 0) is 20.9 Å². The molecule has 0 saturated carbocycles. The molecule has 0 bridgehead atoms. The van der Waals surface area contributed by atoms with Gasteiger partial charge in [0.2, 0.25) is 11.8 Å². The molecule has 0 atom stereocenters. The largest absolute Gasteiger partial charge is 0.453 e. The van der Waals surface area contributed by atoms with E-state index >= 15 is 0 Å². The molecule has 0 aromatic heterocycles. The predicted molar refractivity (Wildman–Crippen MR) is 107 cm³/mol. The molecule has 2 aromatic carbocycles. The highest BCUT2D eigenvalue weighted by Crippen LogP contribution is 2.11. The molecule has 3 amide bonds. The summed E-state index contributed by atoms with van der Waals surface area (Å²) in [4.78, 5) is 34.8. The normalized spacial score (nSPS) is 10.1. The van der Waals surface area contributed by atoms with Crippen LogP contribution in [0.15, 0.2) is 48.5 Å². The molecule has 0 saturated heterocycles. The smallest absolute Gasteiger partial charge is 0.411 e. The van der Waals surface area contributed by atoms with Gasteiger partial charge < -0.3 is 15.4 Å². The molecule has 28 heavy (non-hydrogen) atoms. The summed E-state index contributed by atoms with van der Waals surface area (Å²) < 4.78 is 17.3. The van der Waals surface area contributed by atoms with E-state index in [0.717, 1.165) is 5.56 Å². The minimum Gasteiger partial charge on any atom is -0.453 e. The fourth-order valence-electron chi connectivity index (χ4n) is 2.09. The van der Waals surface area contributed by atoms with Gasteiger partial charge in [-0.3, -0.25) is 14.9 Å². The minimum atomic E-state index is -0.554. The van der Waals surface area contributed by atoms with Gasteiger partial charge in [0.05, 0.1) is 18.6 Å². The first-order chi connectivity index (χ1) is 13.5. The maximum absolute atomic E-state index is 12.8. The van der Waals surface area contributed by atoms with E-state index in [1.165, 1.54) is 43.1 Å². The number of carbonyl (C=O) groups excluding carboxylic acids is 3. The summed E-state index contributed by atoms with van der Waals surface area (Å²) in [5, 5.41) is 7.92. The van der Waals surface area contributed by atoms with E-state index in [1.54, 1.807) is 24.3 Å². The van der Waals surface area contributed by atoms with Gasteiger partial charge in [0.25, 0.3) is 0 Å². The summed E-state index contributed by atoms with van der Waals surface area (Å²) in [6.45, 7) is 0.333. The molecule has 0 aliphatic heterocycles. The number of ether oxygens (including phenoxy) is 1. The lowest BCUT2D eigenvalue weighted by Gasteiger charge is -2.08. The first kappa shape index (κ1) is 21.2. The summed E-state index contributed by atoms with van der Waals surface area (Å²) in [6, 6.07) is 12.4. The van der Waals surface area contributed by atoms with Gasteiger partial charge >= 0.3 is 6.09 Å². The zero-order valence-corrected chi connectivity index (χ0v) is 16.0. The Morgan fingerprint density at radius 3 is 2.11 bits per heavy atom. The Balaban J connectivity index is 1.65. The molecule has 2 aromatic rings. The zero-order chi connectivity index (χ0) is 20.4. The van der Waals surface area contributed by atoms with Crippen molar-refractivity contribution in [1.29, 1.82) is 0 Å². The number of rotatable bonds is 8. The van der Waals surface area contributed by atoms with E-state index in [-0.39, 0.29) is 29.1 Å². The Hall–Kier alpha value is -3.07. The number of hydrogen-bond acceptors (Lipinski definition) is 5. The molecule has 0 heterocycles. The van der Waals surface area contributed by atoms with Crippen molar-refractivity contribution in [3.63, 3.8) is 0 Å². The van der Waals surface area contributed by atoms with Crippen LogP contribution in [0.3, 0.4) is 0 Å². The van der Waals surface area contributed by atoms with Crippen LogP contribution >= 0.6 is 11.8 Å². The van der Waals surface area contributed by atoms with Crippen molar-refractivity contribution >= 4 is 41.0 Å². The lowest BCUT2D eigenvalue weighted by Crippen LogP contribution is -2.25. The molecule has 0 spiro atoms. The maximum atomic E-state index is 12.8. The van der Waals surface area contributed by atoms with E-state index in [0.29, 0.717) is 17.9 Å². The number of methoxy groups -OCH3 is 1. The molecular formula is C19H20FN3O4S. The van der Waals surface area contributed by atoms with Crippen LogP contribution in [0.25, 0.3) is 0 Å². The van der Waals surface area contributed by atoms with Crippen molar-refractivity contribution in [3.8, 4) is 0 Å². The van der Waals surface area contributed by atoms with Crippen LogP contribution in [0.5, 0.6) is 0 Å². The third kappa shape index (κ3) is 7.67. The SMILES string of the molecule is COC(=O)Nc1ccc(CNC(=O)CSCC(=O)Nc2ccc(F)cc2)cc1. The van der Waals surface area contributed by atoms with Crippen LogP contribution in [0, 0.1) is 5.82 Å². The molecule has 7 nitrogen and oxygen atoms in total. The second-order valence-corrected chi connectivity index (χ2v) is 6.62. The predicted octanol–water partition coefficient (Wildman–Crippen LogP) is 2.99. The Kier molecular flexibility index (Phi) is 8.29. The standard InChI is InChI=1S/C19H20FN3O4S/c1-27-19(26)23-16-6-2-13(3-7-16)10-21-17(24)11-28-12-18(25)22-15-8-4-14(20)5-9-15/h2-9H,10-12H2,1H3,(H,21,24)(H,22,25)(H,23,26). The van der Waals surface area contributed by atoms with Crippen molar-refractivity contribution in [2.24, 2.45) is 0 Å². The van der Waals surface area contributed by atoms with Crippen molar-refractivity contribution in [2.45, 2.75) is 6.54 Å². The van der Waals surface area contributed by atoms with Crippen LogP contribution < -0.4 is 16.0 Å². The quantitative estimate of drug-likeness (QED) is 0.627. The average molecular weight is 405 g/mol. The number of thioether (sulfide) groups is 1. The second-order valence-electron chi connectivity index (χ2n) is 5.64. The van der Waals surface area contributed by atoms with Gasteiger partial charge in [-0.1, -0.05) is 12.1 Å². The number of amides is 3. The van der Waals surface area contributed by atoms with Gasteiger partial charge in [-0.05, 0) is 42.0 Å². The average Bonchev–Trinajstić information content (AvgIpc) is 2.69. The van der Waals surface area contributed by atoms with Gasteiger partial charge in [0.15, 0.2) is 0 Å². The van der Waals surface area contributed by atoms with E-state index in [2.05, 4.69) is 20.7 Å². The molecular weight excluding hydrogens is 385 g/mol. The van der Waals surface area contributed by atoms with E-state index in [9.17, 15) is 18.8 Å². The maximum Gasteiger partial charge on any atom is 0.411 e.